The summed E-state index contributed by atoms with van der Waals surface area (Å²) in [6.45, 7) is 2.97. The van der Waals surface area contributed by atoms with Crippen molar-refractivity contribution in [1.82, 2.24) is 5.32 Å². The van der Waals surface area contributed by atoms with E-state index >= 15 is 0 Å². The summed E-state index contributed by atoms with van der Waals surface area (Å²) >= 11 is 0. The lowest BCUT2D eigenvalue weighted by atomic mass is 10.1. The minimum atomic E-state index is 0.534. The summed E-state index contributed by atoms with van der Waals surface area (Å²) in [5, 5.41) is 3.50. The molecule has 0 saturated heterocycles. The molecule has 3 aromatic rings. The van der Waals surface area contributed by atoms with Gasteiger partial charge in [-0.2, -0.15) is 0 Å². The second-order valence-corrected chi connectivity index (χ2v) is 6.42. The van der Waals surface area contributed by atoms with Crippen LogP contribution in [0.3, 0.4) is 0 Å². The van der Waals surface area contributed by atoms with Gasteiger partial charge in [0.15, 0.2) is 0 Å². The third kappa shape index (κ3) is 7.16. The van der Waals surface area contributed by atoms with Crippen molar-refractivity contribution < 1.29 is 9.47 Å². The van der Waals surface area contributed by atoms with Gasteiger partial charge in [0.1, 0.15) is 24.7 Å². The Labute approximate surface area is 162 Å². The first-order valence-electron chi connectivity index (χ1n) is 9.54. The minimum absolute atomic E-state index is 0.534. The Kier molecular flexibility index (Phi) is 7.77. The zero-order valence-corrected chi connectivity index (χ0v) is 15.6. The van der Waals surface area contributed by atoms with Crippen molar-refractivity contribution in [3.63, 3.8) is 0 Å². The molecule has 27 heavy (non-hydrogen) atoms. The molecule has 0 aliphatic carbocycles. The zero-order valence-electron chi connectivity index (χ0n) is 15.6. The van der Waals surface area contributed by atoms with Crippen molar-refractivity contribution in [2.75, 3.05) is 19.8 Å². The molecule has 3 nitrogen and oxygen atoms in total. The van der Waals surface area contributed by atoms with E-state index in [9.17, 15) is 0 Å². The number of aryl methyl sites for hydroxylation is 1. The Hall–Kier alpha value is -2.78. The molecule has 140 valence electrons. The van der Waals surface area contributed by atoms with Gasteiger partial charge in [-0.3, -0.25) is 0 Å². The highest BCUT2D eigenvalue weighted by molar-refractivity contribution is 5.27. The quantitative estimate of drug-likeness (QED) is 0.494. The molecular formula is C24H27NO2. The maximum absolute atomic E-state index is 5.73. The van der Waals surface area contributed by atoms with Gasteiger partial charge in [-0.05, 0) is 54.8 Å². The highest BCUT2D eigenvalue weighted by atomic mass is 16.5. The predicted molar refractivity (Wildman–Crippen MR) is 110 cm³/mol. The van der Waals surface area contributed by atoms with Crippen molar-refractivity contribution in [3.05, 3.63) is 96.1 Å². The summed E-state index contributed by atoms with van der Waals surface area (Å²) in [7, 11) is 0. The second kappa shape index (κ2) is 11.0. The first-order chi connectivity index (χ1) is 13.4. The van der Waals surface area contributed by atoms with Crippen LogP contribution in [0.4, 0.5) is 0 Å². The normalized spacial score (nSPS) is 10.5. The fourth-order valence-electron chi connectivity index (χ4n) is 2.83. The number of hydrogen-bond acceptors (Lipinski definition) is 3. The third-order valence-electron chi connectivity index (χ3n) is 4.28. The number of para-hydroxylation sites is 1. The van der Waals surface area contributed by atoms with Crippen LogP contribution >= 0.6 is 0 Å². The molecule has 0 bridgehead atoms. The van der Waals surface area contributed by atoms with E-state index in [4.69, 9.17) is 9.47 Å². The molecule has 0 spiro atoms. The van der Waals surface area contributed by atoms with Gasteiger partial charge in [0, 0.05) is 6.54 Å². The van der Waals surface area contributed by atoms with E-state index in [1.165, 1.54) is 11.1 Å². The Morgan fingerprint density at radius 3 is 1.85 bits per heavy atom. The zero-order chi connectivity index (χ0) is 18.6. The van der Waals surface area contributed by atoms with Gasteiger partial charge in [-0.15, -0.1) is 0 Å². The van der Waals surface area contributed by atoms with Crippen molar-refractivity contribution in [2.45, 2.75) is 19.4 Å². The smallest absolute Gasteiger partial charge is 0.122 e. The molecule has 0 saturated carbocycles. The van der Waals surface area contributed by atoms with Gasteiger partial charge in [-0.1, -0.05) is 60.7 Å². The Morgan fingerprint density at radius 2 is 1.19 bits per heavy atom. The van der Waals surface area contributed by atoms with E-state index in [0.717, 1.165) is 37.4 Å². The van der Waals surface area contributed by atoms with Crippen molar-refractivity contribution >= 4 is 0 Å². The summed E-state index contributed by atoms with van der Waals surface area (Å²) in [6.07, 6.45) is 2.26. The highest BCUT2D eigenvalue weighted by Gasteiger charge is 1.98. The van der Waals surface area contributed by atoms with E-state index < -0.39 is 0 Å². The first-order valence-corrected chi connectivity index (χ1v) is 9.54. The van der Waals surface area contributed by atoms with Gasteiger partial charge in [-0.25, -0.2) is 0 Å². The molecule has 3 aromatic carbocycles. The SMILES string of the molecule is c1ccc(CCCNCc2ccc(OCCOc3ccccc3)cc2)cc1. The molecule has 0 fully saturated rings. The van der Waals surface area contributed by atoms with Crippen LogP contribution in [0.5, 0.6) is 11.5 Å². The molecule has 3 rings (SSSR count). The van der Waals surface area contributed by atoms with E-state index in [0.29, 0.717) is 13.2 Å². The van der Waals surface area contributed by atoms with Gasteiger partial charge in [0.25, 0.3) is 0 Å². The van der Waals surface area contributed by atoms with Crippen LogP contribution in [0.1, 0.15) is 17.5 Å². The Morgan fingerprint density at radius 1 is 0.593 bits per heavy atom. The predicted octanol–water partition coefficient (Wildman–Crippen LogP) is 4.87. The van der Waals surface area contributed by atoms with Crippen molar-refractivity contribution in [1.29, 1.82) is 0 Å². The topological polar surface area (TPSA) is 30.5 Å². The standard InChI is InChI=1S/C24H27NO2/c1-3-8-21(9-4-1)10-7-17-25-20-22-13-15-24(16-14-22)27-19-18-26-23-11-5-2-6-12-23/h1-6,8-9,11-16,25H,7,10,17-20H2. The summed E-state index contributed by atoms with van der Waals surface area (Å²) < 4.78 is 11.4. The molecule has 1 N–H and O–H groups in total. The Bertz CT molecular complexity index is 757. The highest BCUT2D eigenvalue weighted by Crippen LogP contribution is 2.13. The van der Waals surface area contributed by atoms with E-state index in [1.54, 1.807) is 0 Å². The molecule has 0 heterocycles. The molecular weight excluding hydrogens is 334 g/mol. The lowest BCUT2D eigenvalue weighted by Crippen LogP contribution is -2.15. The van der Waals surface area contributed by atoms with Crippen LogP contribution in [0.15, 0.2) is 84.9 Å². The lowest BCUT2D eigenvalue weighted by molar-refractivity contribution is 0.217. The molecule has 0 amide bonds. The van der Waals surface area contributed by atoms with Crippen LogP contribution in [0, 0.1) is 0 Å². The first kappa shape index (κ1) is 19.0. The largest absolute Gasteiger partial charge is 0.490 e. The maximum atomic E-state index is 5.73. The van der Waals surface area contributed by atoms with E-state index in [-0.39, 0.29) is 0 Å². The van der Waals surface area contributed by atoms with Crippen LogP contribution in [-0.2, 0) is 13.0 Å². The minimum Gasteiger partial charge on any atom is -0.490 e. The summed E-state index contributed by atoms with van der Waals surface area (Å²) in [4.78, 5) is 0. The van der Waals surface area contributed by atoms with E-state index in [1.807, 2.05) is 42.5 Å². The number of ether oxygens (including phenoxy) is 2. The second-order valence-electron chi connectivity index (χ2n) is 6.42. The average molecular weight is 361 g/mol. The monoisotopic (exact) mass is 361 g/mol. The maximum Gasteiger partial charge on any atom is 0.122 e. The van der Waals surface area contributed by atoms with Gasteiger partial charge in [0.2, 0.25) is 0 Å². The van der Waals surface area contributed by atoms with Crippen LogP contribution < -0.4 is 14.8 Å². The summed E-state index contributed by atoms with van der Waals surface area (Å²) in [5.41, 5.74) is 2.67. The molecule has 0 radical (unpaired) electrons. The van der Waals surface area contributed by atoms with Gasteiger partial charge in [0.05, 0.1) is 0 Å². The number of nitrogens with one attached hydrogen (secondary N) is 1. The van der Waals surface area contributed by atoms with Crippen molar-refractivity contribution in [3.8, 4) is 11.5 Å². The van der Waals surface area contributed by atoms with Crippen molar-refractivity contribution in [2.24, 2.45) is 0 Å². The molecule has 3 heteroatoms. The lowest BCUT2D eigenvalue weighted by Gasteiger charge is -2.09. The average Bonchev–Trinajstić information content (AvgIpc) is 2.73. The molecule has 0 aromatic heterocycles. The number of rotatable bonds is 11. The number of hydrogen-bond donors (Lipinski definition) is 1. The van der Waals surface area contributed by atoms with Crippen LogP contribution in [0.25, 0.3) is 0 Å². The summed E-state index contributed by atoms with van der Waals surface area (Å²) in [6, 6.07) is 28.7. The molecule has 0 unspecified atom stereocenters. The van der Waals surface area contributed by atoms with Crippen LogP contribution in [0.2, 0.25) is 0 Å². The summed E-state index contributed by atoms with van der Waals surface area (Å²) in [5.74, 6) is 1.74. The van der Waals surface area contributed by atoms with Gasteiger partial charge >= 0.3 is 0 Å². The Balaban J connectivity index is 1.28. The van der Waals surface area contributed by atoms with E-state index in [2.05, 4.69) is 47.8 Å². The van der Waals surface area contributed by atoms with Crippen LogP contribution in [-0.4, -0.2) is 19.8 Å². The fourth-order valence-corrected chi connectivity index (χ4v) is 2.83. The third-order valence-corrected chi connectivity index (χ3v) is 4.28. The molecule has 0 atom stereocenters. The number of benzene rings is 3. The molecule has 0 aliphatic rings. The van der Waals surface area contributed by atoms with Gasteiger partial charge < -0.3 is 14.8 Å². The molecule has 0 aliphatic heterocycles. The fraction of sp³-hybridized carbons (Fsp3) is 0.250.